The van der Waals surface area contributed by atoms with Crippen LogP contribution in [0.25, 0.3) is 0 Å². The summed E-state index contributed by atoms with van der Waals surface area (Å²) in [6.45, 7) is -0.0932. The van der Waals surface area contributed by atoms with Gasteiger partial charge in [0.15, 0.2) is 6.10 Å². The van der Waals surface area contributed by atoms with Crippen LogP contribution < -0.4 is 5.32 Å². The predicted octanol–water partition coefficient (Wildman–Crippen LogP) is 2.05. The topological polar surface area (TPSA) is 73.1 Å². The van der Waals surface area contributed by atoms with E-state index in [9.17, 15) is 14.3 Å². The van der Waals surface area contributed by atoms with E-state index in [1.54, 1.807) is 30.3 Å². The average molecular weight is 284 g/mol. The molecule has 2 aromatic rings. The quantitative estimate of drug-likeness (QED) is 0.902. The molecule has 21 heavy (non-hydrogen) atoms. The van der Waals surface area contributed by atoms with E-state index in [2.05, 4.69) is 5.32 Å². The Balaban J connectivity index is 2.03. The van der Waals surface area contributed by atoms with Crippen molar-refractivity contribution in [2.45, 2.75) is 12.6 Å². The summed E-state index contributed by atoms with van der Waals surface area (Å²) < 4.78 is 13.6. The van der Waals surface area contributed by atoms with Gasteiger partial charge < -0.3 is 10.4 Å². The fourth-order valence-corrected chi connectivity index (χ4v) is 1.85. The summed E-state index contributed by atoms with van der Waals surface area (Å²) >= 11 is 0. The summed E-state index contributed by atoms with van der Waals surface area (Å²) in [6.07, 6.45) is -1.31. The van der Waals surface area contributed by atoms with Crippen molar-refractivity contribution in [1.29, 1.82) is 5.26 Å². The number of aliphatic hydroxyl groups excluding tert-OH is 1. The van der Waals surface area contributed by atoms with Crippen LogP contribution in [0.4, 0.5) is 4.39 Å². The Labute approximate surface area is 121 Å². The standard InChI is InChI=1S/C16H13FN2O2/c17-14-7-6-11(9-18)8-13(14)10-19-16(21)15(20)12-4-2-1-3-5-12/h1-8,15,20H,10H2,(H,19,21). The lowest BCUT2D eigenvalue weighted by molar-refractivity contribution is -0.129. The van der Waals surface area contributed by atoms with Gasteiger partial charge in [0.05, 0.1) is 11.6 Å². The average Bonchev–Trinajstić information content (AvgIpc) is 2.54. The third-order valence-electron chi connectivity index (χ3n) is 2.99. The maximum atomic E-state index is 13.6. The molecule has 0 aliphatic heterocycles. The van der Waals surface area contributed by atoms with Gasteiger partial charge in [-0.15, -0.1) is 0 Å². The largest absolute Gasteiger partial charge is 0.378 e. The third-order valence-corrected chi connectivity index (χ3v) is 2.99. The minimum atomic E-state index is -1.31. The summed E-state index contributed by atoms with van der Waals surface area (Å²) in [5.41, 5.74) is 0.966. The first-order valence-corrected chi connectivity index (χ1v) is 6.31. The van der Waals surface area contributed by atoms with E-state index < -0.39 is 17.8 Å². The van der Waals surface area contributed by atoms with Crippen molar-refractivity contribution in [1.82, 2.24) is 5.32 Å². The lowest BCUT2D eigenvalue weighted by Gasteiger charge is -2.12. The lowest BCUT2D eigenvalue weighted by atomic mass is 10.1. The molecule has 0 saturated heterocycles. The van der Waals surface area contributed by atoms with Gasteiger partial charge in [-0.1, -0.05) is 30.3 Å². The zero-order chi connectivity index (χ0) is 15.2. The number of aliphatic hydroxyl groups is 1. The van der Waals surface area contributed by atoms with Gasteiger partial charge >= 0.3 is 0 Å². The summed E-state index contributed by atoms with van der Waals surface area (Å²) in [7, 11) is 0. The number of carbonyl (C=O) groups is 1. The highest BCUT2D eigenvalue weighted by Crippen LogP contribution is 2.13. The Kier molecular flexibility index (Phi) is 4.64. The normalized spacial score (nSPS) is 11.5. The van der Waals surface area contributed by atoms with Gasteiger partial charge in [-0.05, 0) is 23.8 Å². The number of amides is 1. The van der Waals surface area contributed by atoms with E-state index in [1.807, 2.05) is 6.07 Å². The highest BCUT2D eigenvalue weighted by Gasteiger charge is 2.17. The Morgan fingerprint density at radius 2 is 2.00 bits per heavy atom. The summed E-state index contributed by atoms with van der Waals surface area (Å²) in [4.78, 5) is 11.8. The van der Waals surface area contributed by atoms with Gasteiger partial charge in [0.1, 0.15) is 5.82 Å². The first-order valence-electron chi connectivity index (χ1n) is 6.31. The van der Waals surface area contributed by atoms with Crippen LogP contribution >= 0.6 is 0 Å². The van der Waals surface area contributed by atoms with Crippen LogP contribution in [0.2, 0.25) is 0 Å². The molecule has 4 nitrogen and oxygen atoms in total. The highest BCUT2D eigenvalue weighted by atomic mass is 19.1. The molecule has 106 valence electrons. The second kappa shape index (κ2) is 6.64. The van der Waals surface area contributed by atoms with Gasteiger partial charge in [0, 0.05) is 12.1 Å². The molecule has 0 saturated carbocycles. The molecule has 0 spiro atoms. The zero-order valence-corrected chi connectivity index (χ0v) is 11.1. The minimum absolute atomic E-state index is 0.0932. The second-order valence-electron chi connectivity index (χ2n) is 4.45. The van der Waals surface area contributed by atoms with Gasteiger partial charge in [-0.2, -0.15) is 5.26 Å². The van der Waals surface area contributed by atoms with Gasteiger partial charge in [0.2, 0.25) is 0 Å². The molecular formula is C16H13FN2O2. The Bertz CT molecular complexity index is 680. The minimum Gasteiger partial charge on any atom is -0.378 e. The monoisotopic (exact) mass is 284 g/mol. The second-order valence-corrected chi connectivity index (χ2v) is 4.45. The first-order chi connectivity index (χ1) is 10.1. The van der Waals surface area contributed by atoms with E-state index in [1.165, 1.54) is 18.2 Å². The van der Waals surface area contributed by atoms with E-state index in [0.717, 1.165) is 0 Å². The number of benzene rings is 2. The number of rotatable bonds is 4. The number of halogens is 1. The van der Waals surface area contributed by atoms with Crippen molar-refractivity contribution in [3.8, 4) is 6.07 Å². The maximum absolute atomic E-state index is 13.6. The van der Waals surface area contributed by atoms with Crippen LogP contribution in [0, 0.1) is 17.1 Å². The van der Waals surface area contributed by atoms with E-state index in [-0.39, 0.29) is 12.1 Å². The van der Waals surface area contributed by atoms with Crippen molar-refractivity contribution in [3.05, 3.63) is 71.0 Å². The van der Waals surface area contributed by atoms with E-state index in [0.29, 0.717) is 11.1 Å². The fraction of sp³-hybridized carbons (Fsp3) is 0.125. The van der Waals surface area contributed by atoms with E-state index >= 15 is 0 Å². The number of nitrogens with zero attached hydrogens (tertiary/aromatic N) is 1. The molecular weight excluding hydrogens is 271 g/mol. The molecule has 0 aliphatic carbocycles. The molecule has 0 fully saturated rings. The molecule has 0 aromatic heterocycles. The van der Waals surface area contributed by atoms with Crippen LogP contribution in [0.5, 0.6) is 0 Å². The van der Waals surface area contributed by atoms with Crippen LogP contribution in [0.1, 0.15) is 22.8 Å². The van der Waals surface area contributed by atoms with Gasteiger partial charge in [0.25, 0.3) is 5.91 Å². The molecule has 1 unspecified atom stereocenters. The van der Waals surface area contributed by atoms with Crippen LogP contribution in [0.15, 0.2) is 48.5 Å². The van der Waals surface area contributed by atoms with Gasteiger partial charge in [-0.25, -0.2) is 4.39 Å². The molecule has 0 heterocycles. The van der Waals surface area contributed by atoms with Crippen molar-refractivity contribution >= 4 is 5.91 Å². The smallest absolute Gasteiger partial charge is 0.253 e. The predicted molar refractivity (Wildman–Crippen MR) is 74.4 cm³/mol. The molecule has 5 heteroatoms. The molecule has 0 bridgehead atoms. The maximum Gasteiger partial charge on any atom is 0.253 e. The van der Waals surface area contributed by atoms with Crippen molar-refractivity contribution in [3.63, 3.8) is 0 Å². The highest BCUT2D eigenvalue weighted by molar-refractivity contribution is 5.81. The van der Waals surface area contributed by atoms with Crippen LogP contribution in [-0.4, -0.2) is 11.0 Å². The van der Waals surface area contributed by atoms with Crippen LogP contribution in [-0.2, 0) is 11.3 Å². The number of hydrogen-bond acceptors (Lipinski definition) is 3. The molecule has 2 aromatic carbocycles. The summed E-state index contributed by atoms with van der Waals surface area (Å²) in [6, 6.07) is 14.2. The lowest BCUT2D eigenvalue weighted by Crippen LogP contribution is -2.29. The van der Waals surface area contributed by atoms with Crippen molar-refractivity contribution < 1.29 is 14.3 Å². The Morgan fingerprint density at radius 3 is 2.67 bits per heavy atom. The Hall–Kier alpha value is -2.71. The number of nitrogens with one attached hydrogen (secondary N) is 1. The van der Waals surface area contributed by atoms with Crippen molar-refractivity contribution in [2.75, 3.05) is 0 Å². The molecule has 0 radical (unpaired) electrons. The molecule has 2 rings (SSSR count). The number of hydrogen-bond donors (Lipinski definition) is 2. The Morgan fingerprint density at radius 1 is 1.29 bits per heavy atom. The molecule has 1 atom stereocenters. The number of nitriles is 1. The first kappa shape index (κ1) is 14.7. The third kappa shape index (κ3) is 3.65. The molecule has 1 amide bonds. The summed E-state index contributed by atoms with van der Waals surface area (Å²) in [5, 5.41) is 21.1. The molecule has 0 aliphatic rings. The SMILES string of the molecule is N#Cc1ccc(F)c(CNC(=O)C(O)c2ccccc2)c1. The molecule has 2 N–H and O–H groups in total. The zero-order valence-electron chi connectivity index (χ0n) is 11.1. The van der Waals surface area contributed by atoms with E-state index in [4.69, 9.17) is 5.26 Å². The summed E-state index contributed by atoms with van der Waals surface area (Å²) in [5.74, 6) is -1.13. The van der Waals surface area contributed by atoms with Crippen LogP contribution in [0.3, 0.4) is 0 Å². The van der Waals surface area contributed by atoms with Gasteiger partial charge in [-0.3, -0.25) is 4.79 Å². The number of carbonyl (C=O) groups excluding carboxylic acids is 1. The van der Waals surface area contributed by atoms with Crippen molar-refractivity contribution in [2.24, 2.45) is 0 Å². The fourth-order valence-electron chi connectivity index (χ4n) is 1.85.